The number of unbranched alkanes of at least 4 members (excludes halogenated alkanes) is 6. The highest BCUT2D eigenvalue weighted by atomic mass is 16.7. The van der Waals surface area contributed by atoms with E-state index in [1.165, 1.54) is 39.0 Å². The SMILES string of the molecule is CCCCCCCCCNC(=O)/C(=C\c1ccc(OCOC)cc1)C(C)=O. The number of ether oxygens (including phenoxy) is 2. The van der Waals surface area contributed by atoms with Crippen molar-refractivity contribution in [3.05, 3.63) is 35.4 Å². The third kappa shape index (κ3) is 9.94. The van der Waals surface area contributed by atoms with Crippen molar-refractivity contribution in [3.63, 3.8) is 0 Å². The predicted molar refractivity (Wildman–Crippen MR) is 109 cm³/mol. The van der Waals surface area contributed by atoms with E-state index in [0.717, 1.165) is 18.4 Å². The van der Waals surface area contributed by atoms with E-state index < -0.39 is 0 Å². The van der Waals surface area contributed by atoms with Crippen LogP contribution in [0.1, 0.15) is 64.4 Å². The first kappa shape index (κ1) is 22.9. The van der Waals surface area contributed by atoms with Crippen molar-refractivity contribution in [2.45, 2.75) is 58.8 Å². The quantitative estimate of drug-likeness (QED) is 0.171. The van der Waals surface area contributed by atoms with Crippen LogP contribution in [-0.2, 0) is 14.3 Å². The second-order valence-electron chi connectivity index (χ2n) is 6.61. The fourth-order valence-electron chi connectivity index (χ4n) is 2.66. The summed E-state index contributed by atoms with van der Waals surface area (Å²) >= 11 is 0. The Hall–Kier alpha value is -2.14. The molecule has 0 saturated carbocycles. The van der Waals surface area contributed by atoms with E-state index in [0.29, 0.717) is 12.3 Å². The summed E-state index contributed by atoms with van der Waals surface area (Å²) in [5.74, 6) is 0.113. The number of carbonyl (C=O) groups is 2. The summed E-state index contributed by atoms with van der Waals surface area (Å²) in [5, 5.41) is 2.86. The summed E-state index contributed by atoms with van der Waals surface area (Å²) in [5.41, 5.74) is 0.944. The monoisotopic (exact) mass is 375 g/mol. The average Bonchev–Trinajstić information content (AvgIpc) is 2.67. The molecule has 27 heavy (non-hydrogen) atoms. The van der Waals surface area contributed by atoms with E-state index in [1.807, 2.05) is 0 Å². The Morgan fingerprint density at radius 3 is 2.22 bits per heavy atom. The van der Waals surface area contributed by atoms with Gasteiger partial charge in [-0.15, -0.1) is 0 Å². The van der Waals surface area contributed by atoms with Gasteiger partial charge >= 0.3 is 0 Å². The summed E-state index contributed by atoms with van der Waals surface area (Å²) in [7, 11) is 1.56. The van der Waals surface area contributed by atoms with Crippen molar-refractivity contribution in [1.29, 1.82) is 0 Å². The summed E-state index contributed by atoms with van der Waals surface area (Å²) in [6.07, 6.45) is 9.94. The lowest BCUT2D eigenvalue weighted by atomic mass is 10.1. The molecule has 150 valence electrons. The maximum absolute atomic E-state index is 12.3. The molecule has 1 aromatic carbocycles. The van der Waals surface area contributed by atoms with Crippen LogP contribution in [0, 0.1) is 0 Å². The van der Waals surface area contributed by atoms with E-state index in [1.54, 1.807) is 37.5 Å². The Morgan fingerprint density at radius 2 is 1.63 bits per heavy atom. The number of ketones is 1. The highest BCUT2D eigenvalue weighted by Gasteiger charge is 2.13. The van der Waals surface area contributed by atoms with E-state index in [9.17, 15) is 9.59 Å². The first-order valence-corrected chi connectivity index (χ1v) is 9.81. The van der Waals surface area contributed by atoms with Crippen LogP contribution in [0.3, 0.4) is 0 Å². The first-order chi connectivity index (χ1) is 13.1. The molecule has 0 saturated heterocycles. The van der Waals surface area contributed by atoms with E-state index >= 15 is 0 Å². The fourth-order valence-corrected chi connectivity index (χ4v) is 2.66. The third-order valence-electron chi connectivity index (χ3n) is 4.22. The molecule has 0 fully saturated rings. The van der Waals surface area contributed by atoms with Crippen molar-refractivity contribution in [2.24, 2.45) is 0 Å². The van der Waals surface area contributed by atoms with Crippen LogP contribution in [0.15, 0.2) is 29.8 Å². The maximum atomic E-state index is 12.3. The van der Waals surface area contributed by atoms with Gasteiger partial charge in [-0.1, -0.05) is 57.6 Å². The molecule has 0 radical (unpaired) electrons. The van der Waals surface area contributed by atoms with Crippen molar-refractivity contribution in [1.82, 2.24) is 5.32 Å². The minimum absolute atomic E-state index is 0.170. The molecule has 1 N–H and O–H groups in total. The van der Waals surface area contributed by atoms with Gasteiger partial charge in [-0.2, -0.15) is 0 Å². The first-order valence-electron chi connectivity index (χ1n) is 9.81. The standard InChI is InChI=1S/C22H33NO4/c1-4-5-6-7-8-9-10-15-23-22(25)21(18(2)24)16-19-11-13-20(14-12-19)27-17-26-3/h11-14,16H,4-10,15,17H2,1-3H3,(H,23,25)/b21-16-. The number of nitrogens with one attached hydrogen (secondary N) is 1. The maximum Gasteiger partial charge on any atom is 0.254 e. The Kier molecular flexibility index (Phi) is 11.9. The predicted octanol–water partition coefficient (Wildman–Crippen LogP) is 4.51. The molecule has 0 bridgehead atoms. The molecular weight excluding hydrogens is 342 g/mol. The van der Waals surface area contributed by atoms with E-state index in [-0.39, 0.29) is 24.1 Å². The van der Waals surface area contributed by atoms with Gasteiger partial charge in [0.05, 0.1) is 5.57 Å². The van der Waals surface area contributed by atoms with Gasteiger partial charge in [-0.25, -0.2) is 0 Å². The number of methoxy groups -OCH3 is 1. The van der Waals surface area contributed by atoms with Crippen molar-refractivity contribution < 1.29 is 19.1 Å². The number of benzene rings is 1. The lowest BCUT2D eigenvalue weighted by Crippen LogP contribution is -2.28. The van der Waals surface area contributed by atoms with E-state index in [4.69, 9.17) is 9.47 Å². The van der Waals surface area contributed by atoms with Crippen LogP contribution in [0.25, 0.3) is 6.08 Å². The van der Waals surface area contributed by atoms with Crippen LogP contribution in [0.4, 0.5) is 0 Å². The topological polar surface area (TPSA) is 64.6 Å². The molecular formula is C22H33NO4. The Balaban J connectivity index is 2.48. The van der Waals surface area contributed by atoms with Gasteiger partial charge in [0, 0.05) is 13.7 Å². The second-order valence-corrected chi connectivity index (χ2v) is 6.61. The second kappa shape index (κ2) is 14.0. The van der Waals surface area contributed by atoms with E-state index in [2.05, 4.69) is 12.2 Å². The summed E-state index contributed by atoms with van der Waals surface area (Å²) in [6.45, 7) is 4.39. The van der Waals surface area contributed by atoms with Gasteiger partial charge in [-0.05, 0) is 37.1 Å². The Morgan fingerprint density at radius 1 is 1.00 bits per heavy atom. The number of Topliss-reactive ketones (excluding diaryl/α,β-unsaturated/α-hetero) is 1. The molecule has 0 heterocycles. The van der Waals surface area contributed by atoms with Crippen LogP contribution in [0.5, 0.6) is 5.75 Å². The summed E-state index contributed by atoms with van der Waals surface area (Å²) < 4.78 is 10.2. The molecule has 0 spiro atoms. The number of amides is 1. The highest BCUT2D eigenvalue weighted by Crippen LogP contribution is 2.15. The molecule has 5 heteroatoms. The van der Waals surface area contributed by atoms with Gasteiger partial charge in [0.25, 0.3) is 5.91 Å². The normalized spacial score (nSPS) is 11.3. The van der Waals surface area contributed by atoms with Gasteiger partial charge in [0.2, 0.25) is 0 Å². The van der Waals surface area contributed by atoms with Crippen LogP contribution in [-0.4, -0.2) is 32.1 Å². The zero-order valence-electron chi connectivity index (χ0n) is 16.9. The summed E-state index contributed by atoms with van der Waals surface area (Å²) in [4.78, 5) is 24.2. The molecule has 0 aromatic heterocycles. The highest BCUT2D eigenvalue weighted by molar-refractivity contribution is 6.21. The van der Waals surface area contributed by atoms with Gasteiger partial charge < -0.3 is 14.8 Å². The molecule has 0 unspecified atom stereocenters. The molecule has 1 amide bonds. The number of hydrogen-bond acceptors (Lipinski definition) is 4. The van der Waals surface area contributed by atoms with Crippen LogP contribution < -0.4 is 10.1 Å². The van der Waals surface area contributed by atoms with Gasteiger partial charge in [-0.3, -0.25) is 9.59 Å². The molecule has 5 nitrogen and oxygen atoms in total. The average molecular weight is 376 g/mol. The zero-order valence-corrected chi connectivity index (χ0v) is 16.9. The molecule has 1 aromatic rings. The zero-order chi connectivity index (χ0) is 19.9. The fraction of sp³-hybridized carbons (Fsp3) is 0.545. The molecule has 0 aliphatic rings. The Labute approximate surface area is 163 Å². The van der Waals surface area contributed by atoms with Crippen LogP contribution in [0.2, 0.25) is 0 Å². The van der Waals surface area contributed by atoms with Gasteiger partial charge in [0.1, 0.15) is 5.75 Å². The molecule has 0 aliphatic carbocycles. The van der Waals surface area contributed by atoms with Crippen molar-refractivity contribution >= 4 is 17.8 Å². The summed E-state index contributed by atoms with van der Waals surface area (Å²) in [6, 6.07) is 7.16. The minimum Gasteiger partial charge on any atom is -0.468 e. The number of rotatable bonds is 14. The Bertz CT molecular complexity index is 593. The minimum atomic E-state index is -0.312. The van der Waals surface area contributed by atoms with Crippen molar-refractivity contribution in [3.8, 4) is 5.75 Å². The molecule has 0 atom stereocenters. The van der Waals surface area contributed by atoms with Crippen molar-refractivity contribution in [2.75, 3.05) is 20.4 Å². The third-order valence-corrected chi connectivity index (χ3v) is 4.22. The number of hydrogen-bond donors (Lipinski definition) is 1. The van der Waals surface area contributed by atoms with Crippen LogP contribution >= 0.6 is 0 Å². The smallest absolute Gasteiger partial charge is 0.254 e. The lowest BCUT2D eigenvalue weighted by molar-refractivity contribution is -0.121. The largest absolute Gasteiger partial charge is 0.468 e. The lowest BCUT2D eigenvalue weighted by Gasteiger charge is -2.08. The molecule has 1 rings (SSSR count). The van der Waals surface area contributed by atoms with Gasteiger partial charge in [0.15, 0.2) is 12.6 Å². The number of carbonyl (C=O) groups excluding carboxylic acids is 2. The molecule has 0 aliphatic heterocycles.